The summed E-state index contributed by atoms with van der Waals surface area (Å²) in [5, 5.41) is 16.4. The van der Waals surface area contributed by atoms with E-state index in [9.17, 15) is 10.1 Å². The molecule has 0 aliphatic carbocycles. The molecule has 1 aliphatic heterocycles. The van der Waals surface area contributed by atoms with Crippen LogP contribution in [0.4, 0.5) is 10.6 Å². The lowest BCUT2D eigenvalue weighted by Crippen LogP contribution is -2.52. The van der Waals surface area contributed by atoms with Gasteiger partial charge < -0.3 is 15.1 Å². The van der Waals surface area contributed by atoms with Crippen LogP contribution in [0.2, 0.25) is 0 Å². The molecule has 2 amide bonds. The summed E-state index contributed by atoms with van der Waals surface area (Å²) in [7, 11) is 0. The van der Waals surface area contributed by atoms with Gasteiger partial charge >= 0.3 is 6.03 Å². The number of piperazine rings is 1. The van der Waals surface area contributed by atoms with Crippen LogP contribution >= 0.6 is 0 Å². The number of urea groups is 1. The minimum Gasteiger partial charge on any atom is -0.352 e. The quantitative estimate of drug-likeness (QED) is 0.741. The van der Waals surface area contributed by atoms with E-state index in [1.54, 1.807) is 34.1 Å². The SMILES string of the molecule is N#Cc1cccnc1N1CCN(C(=O)NCc2ccc(-n3cccn3)cc2)CC1. The number of amides is 2. The van der Waals surface area contributed by atoms with E-state index in [2.05, 4.69) is 26.4 Å². The van der Waals surface area contributed by atoms with Crippen LogP contribution in [-0.2, 0) is 6.54 Å². The van der Waals surface area contributed by atoms with E-state index in [0.29, 0.717) is 44.1 Å². The van der Waals surface area contributed by atoms with Gasteiger partial charge in [0.1, 0.15) is 11.9 Å². The van der Waals surface area contributed by atoms with Gasteiger partial charge in [0.05, 0.1) is 11.3 Å². The van der Waals surface area contributed by atoms with Crippen molar-refractivity contribution in [1.82, 2.24) is 25.0 Å². The van der Waals surface area contributed by atoms with Crippen molar-refractivity contribution in [2.24, 2.45) is 0 Å². The molecule has 1 fully saturated rings. The molecular weight excluding hydrogens is 366 g/mol. The van der Waals surface area contributed by atoms with Gasteiger partial charge in [-0.2, -0.15) is 10.4 Å². The molecule has 8 nitrogen and oxygen atoms in total. The van der Waals surface area contributed by atoms with Gasteiger partial charge in [0, 0.05) is 51.3 Å². The molecule has 1 N–H and O–H groups in total. The summed E-state index contributed by atoms with van der Waals surface area (Å²) >= 11 is 0. The van der Waals surface area contributed by atoms with Gasteiger partial charge in [-0.1, -0.05) is 12.1 Å². The summed E-state index contributed by atoms with van der Waals surface area (Å²) in [4.78, 5) is 20.7. The Morgan fingerprint density at radius 2 is 1.86 bits per heavy atom. The monoisotopic (exact) mass is 387 g/mol. The average Bonchev–Trinajstić information content (AvgIpc) is 3.33. The van der Waals surface area contributed by atoms with Gasteiger partial charge in [-0.15, -0.1) is 0 Å². The Bertz CT molecular complexity index is 1000. The molecule has 2 aromatic heterocycles. The van der Waals surface area contributed by atoms with Gasteiger partial charge in [-0.05, 0) is 35.9 Å². The van der Waals surface area contributed by atoms with Crippen LogP contribution in [0.1, 0.15) is 11.1 Å². The first-order valence-corrected chi connectivity index (χ1v) is 9.46. The summed E-state index contributed by atoms with van der Waals surface area (Å²) in [6, 6.07) is 15.4. The van der Waals surface area contributed by atoms with Crippen LogP contribution < -0.4 is 10.2 Å². The Hall–Kier alpha value is -3.86. The average molecular weight is 387 g/mol. The molecule has 29 heavy (non-hydrogen) atoms. The van der Waals surface area contributed by atoms with Crippen molar-refractivity contribution in [2.75, 3.05) is 31.1 Å². The van der Waals surface area contributed by atoms with Crippen molar-refractivity contribution >= 4 is 11.8 Å². The second-order valence-corrected chi connectivity index (χ2v) is 6.74. The van der Waals surface area contributed by atoms with Gasteiger partial charge in [-0.3, -0.25) is 0 Å². The second-order valence-electron chi connectivity index (χ2n) is 6.74. The molecule has 0 atom stereocenters. The Morgan fingerprint density at radius 1 is 1.07 bits per heavy atom. The number of carbonyl (C=O) groups excluding carboxylic acids is 1. The highest BCUT2D eigenvalue weighted by Gasteiger charge is 2.23. The highest BCUT2D eigenvalue weighted by Crippen LogP contribution is 2.18. The number of nitrogens with one attached hydrogen (secondary N) is 1. The largest absolute Gasteiger partial charge is 0.352 e. The van der Waals surface area contributed by atoms with Crippen LogP contribution in [0, 0.1) is 11.3 Å². The molecule has 1 aromatic carbocycles. The lowest BCUT2D eigenvalue weighted by molar-refractivity contribution is 0.194. The number of aromatic nitrogens is 3. The number of pyridine rings is 1. The summed E-state index contributed by atoms with van der Waals surface area (Å²) in [5.41, 5.74) is 2.57. The Labute approximate surface area is 169 Å². The fraction of sp³-hybridized carbons (Fsp3) is 0.238. The van der Waals surface area contributed by atoms with Crippen molar-refractivity contribution in [3.8, 4) is 11.8 Å². The third-order valence-electron chi connectivity index (χ3n) is 4.92. The Kier molecular flexibility index (Phi) is 5.38. The minimum absolute atomic E-state index is 0.0812. The zero-order valence-electron chi connectivity index (χ0n) is 15.9. The molecule has 0 spiro atoms. The molecule has 0 bridgehead atoms. The van der Waals surface area contributed by atoms with E-state index in [0.717, 1.165) is 11.3 Å². The molecule has 0 saturated carbocycles. The summed E-state index contributed by atoms with van der Waals surface area (Å²) < 4.78 is 1.79. The highest BCUT2D eigenvalue weighted by molar-refractivity contribution is 5.74. The number of carbonyl (C=O) groups is 1. The van der Waals surface area contributed by atoms with Crippen LogP contribution in [0.15, 0.2) is 61.1 Å². The van der Waals surface area contributed by atoms with Crippen LogP contribution in [0.5, 0.6) is 0 Å². The van der Waals surface area contributed by atoms with E-state index in [4.69, 9.17) is 0 Å². The van der Waals surface area contributed by atoms with Crippen molar-refractivity contribution in [3.63, 3.8) is 0 Å². The molecule has 0 unspecified atom stereocenters. The Morgan fingerprint density at radius 3 is 2.55 bits per heavy atom. The molecule has 3 aromatic rings. The zero-order valence-corrected chi connectivity index (χ0v) is 15.9. The maximum atomic E-state index is 12.5. The van der Waals surface area contributed by atoms with Crippen molar-refractivity contribution < 1.29 is 4.79 Å². The van der Waals surface area contributed by atoms with Gasteiger partial charge in [0.15, 0.2) is 0 Å². The normalized spacial score (nSPS) is 13.8. The number of hydrogen-bond donors (Lipinski definition) is 1. The fourth-order valence-electron chi connectivity index (χ4n) is 3.34. The van der Waals surface area contributed by atoms with Crippen LogP contribution in [-0.4, -0.2) is 51.9 Å². The number of benzene rings is 1. The molecule has 0 radical (unpaired) electrons. The van der Waals surface area contributed by atoms with Crippen molar-refractivity contribution in [2.45, 2.75) is 6.54 Å². The minimum atomic E-state index is -0.0812. The number of nitriles is 1. The standard InChI is InChI=1S/C21H21N7O/c22-15-18-3-1-8-23-20(18)26-11-13-27(14-12-26)21(29)24-16-17-4-6-19(7-5-17)28-10-2-9-25-28/h1-10H,11-14,16H2,(H,24,29). The topological polar surface area (TPSA) is 90.1 Å². The molecule has 4 rings (SSSR count). The Balaban J connectivity index is 1.28. The molecule has 146 valence electrons. The summed E-state index contributed by atoms with van der Waals surface area (Å²) in [6.07, 6.45) is 5.32. The first kappa shape index (κ1) is 18.5. The number of hydrogen-bond acceptors (Lipinski definition) is 5. The van der Waals surface area contributed by atoms with Gasteiger partial charge in [0.25, 0.3) is 0 Å². The summed E-state index contributed by atoms with van der Waals surface area (Å²) in [6.45, 7) is 2.95. The first-order valence-electron chi connectivity index (χ1n) is 9.46. The fourth-order valence-corrected chi connectivity index (χ4v) is 3.34. The first-order chi connectivity index (χ1) is 14.2. The maximum absolute atomic E-state index is 12.5. The molecule has 1 saturated heterocycles. The van der Waals surface area contributed by atoms with Gasteiger partial charge in [0.2, 0.25) is 0 Å². The third-order valence-corrected chi connectivity index (χ3v) is 4.92. The van der Waals surface area contributed by atoms with Crippen LogP contribution in [0.3, 0.4) is 0 Å². The number of rotatable bonds is 4. The van der Waals surface area contributed by atoms with Crippen molar-refractivity contribution in [1.29, 1.82) is 5.26 Å². The highest BCUT2D eigenvalue weighted by atomic mass is 16.2. The molecule has 1 aliphatic rings. The predicted octanol–water partition coefficient (Wildman–Crippen LogP) is 2.17. The molecule has 3 heterocycles. The van der Waals surface area contributed by atoms with Gasteiger partial charge in [-0.25, -0.2) is 14.5 Å². The van der Waals surface area contributed by atoms with Crippen molar-refractivity contribution in [3.05, 3.63) is 72.2 Å². The van der Waals surface area contributed by atoms with E-state index in [1.165, 1.54) is 0 Å². The number of anilines is 1. The molecule has 8 heteroatoms. The van der Waals surface area contributed by atoms with E-state index in [1.807, 2.05) is 36.5 Å². The predicted molar refractivity (Wildman–Crippen MR) is 109 cm³/mol. The second kappa shape index (κ2) is 8.44. The lowest BCUT2D eigenvalue weighted by atomic mass is 10.2. The van der Waals surface area contributed by atoms with E-state index >= 15 is 0 Å². The number of nitrogens with zero attached hydrogens (tertiary/aromatic N) is 6. The van der Waals surface area contributed by atoms with E-state index < -0.39 is 0 Å². The lowest BCUT2D eigenvalue weighted by Gasteiger charge is -2.35. The zero-order chi connectivity index (χ0) is 20.1. The maximum Gasteiger partial charge on any atom is 0.317 e. The third kappa shape index (κ3) is 4.19. The van der Waals surface area contributed by atoms with Crippen LogP contribution in [0.25, 0.3) is 5.69 Å². The summed E-state index contributed by atoms with van der Waals surface area (Å²) in [5.74, 6) is 0.687. The van der Waals surface area contributed by atoms with E-state index in [-0.39, 0.29) is 6.03 Å². The molecular formula is C21H21N7O. The smallest absolute Gasteiger partial charge is 0.317 e.